The summed E-state index contributed by atoms with van der Waals surface area (Å²) < 4.78 is 1.75. The third kappa shape index (κ3) is 5.34. The number of aryl methyl sites for hydroxylation is 1. The van der Waals surface area contributed by atoms with Crippen molar-refractivity contribution in [3.63, 3.8) is 0 Å². The van der Waals surface area contributed by atoms with Gasteiger partial charge in [-0.2, -0.15) is 5.10 Å². The lowest BCUT2D eigenvalue weighted by Crippen LogP contribution is -2.37. The lowest BCUT2D eigenvalue weighted by atomic mass is 9.99. The standard InChI is InChI=1S/C29H31N5O3/c1-2-3-9-23-17-27(31-29(37)30-26-11-6-8-21-7-4-5-10-25(21)26)34(32-23)24-13-12-20-14-15-33(28(36)19-35)18-22(20)16-24/h4-8,10-13,16-17,35H,2-3,9,14-15,18-19H2,1H3,(H2,30,31,37). The third-order valence-electron chi connectivity index (χ3n) is 6.76. The predicted molar refractivity (Wildman–Crippen MR) is 145 cm³/mol. The van der Waals surface area contributed by atoms with Crippen LogP contribution in [0.15, 0.2) is 66.7 Å². The Morgan fingerprint density at radius 1 is 1.00 bits per heavy atom. The largest absolute Gasteiger partial charge is 0.387 e. The topological polar surface area (TPSA) is 99.5 Å². The minimum atomic E-state index is -0.491. The Bertz CT molecular complexity index is 1440. The highest BCUT2D eigenvalue weighted by Crippen LogP contribution is 2.26. The number of amides is 3. The number of carbonyl (C=O) groups excluding carboxylic acids is 2. The van der Waals surface area contributed by atoms with E-state index in [1.54, 1.807) is 9.58 Å². The number of aliphatic hydroxyl groups is 1. The quantitative estimate of drug-likeness (QED) is 0.339. The summed E-state index contributed by atoms with van der Waals surface area (Å²) in [4.78, 5) is 26.8. The number of aromatic nitrogens is 2. The van der Waals surface area contributed by atoms with Crippen molar-refractivity contribution >= 4 is 34.2 Å². The molecule has 2 heterocycles. The molecular formula is C29H31N5O3. The van der Waals surface area contributed by atoms with E-state index in [0.717, 1.165) is 59.1 Å². The SMILES string of the molecule is CCCCc1cc(NC(=O)Nc2cccc3ccccc23)n(-c2ccc3c(c2)CN(C(=O)CO)CC3)n1. The van der Waals surface area contributed by atoms with Gasteiger partial charge in [0.05, 0.1) is 17.1 Å². The molecular weight excluding hydrogens is 466 g/mol. The van der Waals surface area contributed by atoms with Crippen LogP contribution < -0.4 is 10.6 Å². The van der Waals surface area contributed by atoms with Crippen LogP contribution in [-0.2, 0) is 24.2 Å². The van der Waals surface area contributed by atoms with Crippen LogP contribution in [0.25, 0.3) is 16.5 Å². The Labute approximate surface area is 215 Å². The number of hydrogen-bond donors (Lipinski definition) is 3. The fourth-order valence-corrected chi connectivity index (χ4v) is 4.79. The average molecular weight is 498 g/mol. The van der Waals surface area contributed by atoms with E-state index in [1.165, 1.54) is 5.56 Å². The van der Waals surface area contributed by atoms with Crippen molar-refractivity contribution in [2.24, 2.45) is 0 Å². The van der Waals surface area contributed by atoms with Gasteiger partial charge < -0.3 is 15.3 Å². The number of aliphatic hydroxyl groups excluding tert-OH is 1. The third-order valence-corrected chi connectivity index (χ3v) is 6.76. The molecule has 0 spiro atoms. The zero-order valence-electron chi connectivity index (χ0n) is 20.9. The van der Waals surface area contributed by atoms with Crippen LogP contribution in [0.5, 0.6) is 0 Å². The van der Waals surface area contributed by atoms with Gasteiger partial charge in [-0.05, 0) is 54.0 Å². The summed E-state index contributed by atoms with van der Waals surface area (Å²) in [7, 11) is 0. The number of nitrogens with zero attached hydrogens (tertiary/aromatic N) is 3. The van der Waals surface area contributed by atoms with Crippen LogP contribution in [0.3, 0.4) is 0 Å². The molecule has 5 rings (SSSR count). The number of unbranched alkanes of at least 4 members (excludes halogenated alkanes) is 1. The molecule has 3 N–H and O–H groups in total. The number of carbonyl (C=O) groups is 2. The van der Waals surface area contributed by atoms with Gasteiger partial charge in [0, 0.05) is 24.5 Å². The molecule has 0 atom stereocenters. The molecule has 3 aromatic carbocycles. The lowest BCUT2D eigenvalue weighted by Gasteiger charge is -2.28. The molecule has 8 nitrogen and oxygen atoms in total. The van der Waals surface area contributed by atoms with E-state index in [4.69, 9.17) is 5.10 Å². The summed E-state index contributed by atoms with van der Waals surface area (Å²) in [5, 5.41) is 22.1. The van der Waals surface area contributed by atoms with E-state index >= 15 is 0 Å². The molecule has 3 amide bonds. The molecule has 8 heteroatoms. The first-order valence-electron chi connectivity index (χ1n) is 12.7. The van der Waals surface area contributed by atoms with Crippen molar-refractivity contribution in [2.75, 3.05) is 23.8 Å². The summed E-state index contributed by atoms with van der Waals surface area (Å²) in [5.74, 6) is 0.298. The Kier molecular flexibility index (Phi) is 7.18. The molecule has 1 aliphatic heterocycles. The van der Waals surface area contributed by atoms with E-state index in [1.807, 2.05) is 60.7 Å². The van der Waals surface area contributed by atoms with Gasteiger partial charge in [-0.3, -0.25) is 10.1 Å². The number of fused-ring (bicyclic) bond motifs is 2. The van der Waals surface area contributed by atoms with Crippen LogP contribution in [0.4, 0.5) is 16.3 Å². The highest BCUT2D eigenvalue weighted by molar-refractivity contribution is 6.06. The van der Waals surface area contributed by atoms with E-state index < -0.39 is 6.61 Å². The molecule has 0 saturated heterocycles. The van der Waals surface area contributed by atoms with Crippen molar-refractivity contribution in [3.05, 3.63) is 83.6 Å². The number of benzene rings is 3. The van der Waals surface area contributed by atoms with E-state index in [9.17, 15) is 14.7 Å². The lowest BCUT2D eigenvalue weighted by molar-refractivity contribution is -0.135. The minimum Gasteiger partial charge on any atom is -0.387 e. The fourth-order valence-electron chi connectivity index (χ4n) is 4.79. The highest BCUT2D eigenvalue weighted by atomic mass is 16.3. The maximum absolute atomic E-state index is 13.1. The normalized spacial score (nSPS) is 12.9. The smallest absolute Gasteiger partial charge is 0.324 e. The second kappa shape index (κ2) is 10.8. The molecule has 0 radical (unpaired) electrons. The van der Waals surface area contributed by atoms with Gasteiger partial charge in [0.25, 0.3) is 0 Å². The van der Waals surface area contributed by atoms with Crippen molar-refractivity contribution in [1.82, 2.24) is 14.7 Å². The molecule has 0 saturated carbocycles. The molecule has 0 aliphatic carbocycles. The summed E-state index contributed by atoms with van der Waals surface area (Å²) in [6.45, 7) is 2.68. The van der Waals surface area contributed by atoms with Gasteiger partial charge in [0.15, 0.2) is 0 Å². The Hall–Kier alpha value is -4.17. The molecule has 0 fully saturated rings. The number of hydrogen-bond acceptors (Lipinski definition) is 4. The summed E-state index contributed by atoms with van der Waals surface area (Å²) >= 11 is 0. The average Bonchev–Trinajstić information content (AvgIpc) is 3.33. The van der Waals surface area contributed by atoms with E-state index in [-0.39, 0.29) is 11.9 Å². The van der Waals surface area contributed by atoms with Crippen molar-refractivity contribution in [3.8, 4) is 5.69 Å². The molecule has 4 aromatic rings. The molecule has 1 aromatic heterocycles. The van der Waals surface area contributed by atoms with Crippen LogP contribution >= 0.6 is 0 Å². The van der Waals surface area contributed by atoms with Gasteiger partial charge in [-0.1, -0.05) is 55.8 Å². The van der Waals surface area contributed by atoms with Gasteiger partial charge in [-0.15, -0.1) is 0 Å². The minimum absolute atomic E-state index is 0.274. The highest BCUT2D eigenvalue weighted by Gasteiger charge is 2.21. The van der Waals surface area contributed by atoms with Crippen molar-refractivity contribution in [1.29, 1.82) is 0 Å². The second-order valence-electron chi connectivity index (χ2n) is 9.32. The molecule has 190 valence electrons. The van der Waals surface area contributed by atoms with E-state index in [0.29, 0.717) is 18.9 Å². The summed E-state index contributed by atoms with van der Waals surface area (Å²) in [6.07, 6.45) is 3.60. The summed E-state index contributed by atoms with van der Waals surface area (Å²) in [5.41, 5.74) is 4.63. The zero-order chi connectivity index (χ0) is 25.8. The van der Waals surface area contributed by atoms with Crippen LogP contribution in [0.1, 0.15) is 36.6 Å². The number of urea groups is 1. The monoisotopic (exact) mass is 497 g/mol. The maximum Gasteiger partial charge on any atom is 0.324 e. The Balaban J connectivity index is 1.42. The van der Waals surface area contributed by atoms with Crippen LogP contribution in [-0.4, -0.2) is 44.9 Å². The molecule has 1 aliphatic rings. The first-order valence-corrected chi connectivity index (χ1v) is 12.7. The Morgan fingerprint density at radius 3 is 2.68 bits per heavy atom. The predicted octanol–water partition coefficient (Wildman–Crippen LogP) is 4.89. The summed E-state index contributed by atoms with van der Waals surface area (Å²) in [6, 6.07) is 21.4. The van der Waals surface area contributed by atoms with Crippen LogP contribution in [0.2, 0.25) is 0 Å². The van der Waals surface area contributed by atoms with Gasteiger partial charge in [-0.25, -0.2) is 9.48 Å². The van der Waals surface area contributed by atoms with Gasteiger partial charge >= 0.3 is 6.03 Å². The van der Waals surface area contributed by atoms with E-state index in [2.05, 4.69) is 23.6 Å². The Morgan fingerprint density at radius 2 is 1.84 bits per heavy atom. The van der Waals surface area contributed by atoms with Gasteiger partial charge in [0.1, 0.15) is 12.4 Å². The maximum atomic E-state index is 13.1. The van der Waals surface area contributed by atoms with Crippen LogP contribution in [0, 0.1) is 0 Å². The van der Waals surface area contributed by atoms with Crippen molar-refractivity contribution in [2.45, 2.75) is 39.2 Å². The number of rotatable bonds is 7. The second-order valence-corrected chi connectivity index (χ2v) is 9.32. The first-order chi connectivity index (χ1) is 18.1. The zero-order valence-corrected chi connectivity index (χ0v) is 20.9. The molecule has 37 heavy (non-hydrogen) atoms. The number of anilines is 2. The fraction of sp³-hybridized carbons (Fsp3) is 0.276. The molecule has 0 bridgehead atoms. The number of nitrogens with one attached hydrogen (secondary N) is 2. The van der Waals surface area contributed by atoms with Gasteiger partial charge in [0.2, 0.25) is 5.91 Å². The first kappa shape index (κ1) is 24.5. The molecule has 0 unspecified atom stereocenters. The van der Waals surface area contributed by atoms with Crippen molar-refractivity contribution < 1.29 is 14.7 Å².